The molecule has 0 aromatic rings. The number of hydrogen-bond donors (Lipinski definition) is 1. The Labute approximate surface area is 54.6 Å². The molecule has 2 N–H and O–H groups in total. The van der Waals surface area contributed by atoms with Crippen molar-refractivity contribution < 1.29 is 9.00 Å². The van der Waals surface area contributed by atoms with Crippen LogP contribution in [-0.2, 0) is 14.5 Å². The molecule has 0 aromatic heterocycles. The highest BCUT2D eigenvalue weighted by molar-refractivity contribution is 7.92. The van der Waals surface area contributed by atoms with Gasteiger partial charge < -0.3 is 5.73 Å². The molecule has 0 spiro atoms. The van der Waals surface area contributed by atoms with Gasteiger partial charge >= 0.3 is 0 Å². The second-order valence-electron chi connectivity index (χ2n) is 1.93. The van der Waals surface area contributed by atoms with Crippen LogP contribution >= 0.6 is 0 Å². The van der Waals surface area contributed by atoms with E-state index in [-0.39, 0.29) is 6.54 Å². The normalized spacial score (nSPS) is 10.9. The molecule has 0 atom stereocenters. The van der Waals surface area contributed by atoms with Gasteiger partial charge in [-0.05, 0) is 0 Å². The van der Waals surface area contributed by atoms with Gasteiger partial charge in [0.25, 0.3) is 0 Å². The predicted octanol–water partition coefficient (Wildman–Crippen LogP) is -0.801. The topological polar surface area (TPSA) is 72.5 Å². The Hall–Kier alpha value is -0.580. The van der Waals surface area contributed by atoms with E-state index in [0.29, 0.717) is 0 Å². The van der Waals surface area contributed by atoms with Crippen LogP contribution in [0, 0.1) is 0 Å². The Bertz CT molecular complexity index is 207. The molecule has 0 aliphatic heterocycles. The molecule has 0 bridgehead atoms. The number of hydrogen-bond acceptors (Lipinski definition) is 3. The average Bonchev–Trinajstić information content (AvgIpc) is 1.59. The van der Waals surface area contributed by atoms with Crippen LogP contribution in [0.15, 0.2) is 4.36 Å². The molecule has 0 saturated carbocycles. The highest BCUT2D eigenvalue weighted by Gasteiger charge is 1.91. The van der Waals surface area contributed by atoms with Crippen molar-refractivity contribution in [3.05, 3.63) is 0 Å². The van der Waals surface area contributed by atoms with Gasteiger partial charge in [-0.3, -0.25) is 9.00 Å². The molecule has 9 heavy (non-hydrogen) atoms. The molecule has 0 saturated heterocycles. The summed E-state index contributed by atoms with van der Waals surface area (Å²) in [6, 6.07) is 0. The van der Waals surface area contributed by atoms with Crippen LogP contribution in [0.3, 0.4) is 0 Å². The molecule has 0 fully saturated rings. The number of amides is 1. The summed E-state index contributed by atoms with van der Waals surface area (Å²) in [6.07, 6.45) is 2.91. The van der Waals surface area contributed by atoms with E-state index in [4.69, 9.17) is 5.73 Å². The fourth-order valence-corrected chi connectivity index (χ4v) is 0.657. The summed E-state index contributed by atoms with van der Waals surface area (Å²) in [4.78, 5) is 10.0. The maximum absolute atomic E-state index is 10.7. The lowest BCUT2D eigenvalue weighted by Crippen LogP contribution is -2.15. The van der Waals surface area contributed by atoms with Crippen molar-refractivity contribution in [3.8, 4) is 0 Å². The first-order valence-corrected chi connectivity index (χ1v) is 4.66. The van der Waals surface area contributed by atoms with E-state index in [1.807, 2.05) is 0 Å². The fraction of sp³-hybridized carbons (Fsp3) is 0.750. The van der Waals surface area contributed by atoms with E-state index in [9.17, 15) is 9.00 Å². The second-order valence-corrected chi connectivity index (χ2v) is 4.56. The third-order valence-electron chi connectivity index (χ3n) is 0.531. The van der Waals surface area contributed by atoms with Crippen molar-refractivity contribution in [2.24, 2.45) is 10.1 Å². The molecule has 0 aliphatic rings. The van der Waals surface area contributed by atoms with Crippen molar-refractivity contribution in [1.29, 1.82) is 0 Å². The summed E-state index contributed by atoms with van der Waals surface area (Å²) < 4.78 is 14.2. The summed E-state index contributed by atoms with van der Waals surface area (Å²) in [5, 5.41) is 0. The quantitative estimate of drug-likeness (QED) is 0.559. The number of carbonyl (C=O) groups excluding carboxylic acids is 1. The van der Waals surface area contributed by atoms with Crippen LogP contribution in [0.5, 0.6) is 0 Å². The minimum Gasteiger partial charge on any atom is -0.368 e. The molecule has 0 heterocycles. The molecular weight excluding hydrogens is 140 g/mol. The Balaban J connectivity index is 4.03. The van der Waals surface area contributed by atoms with Crippen LogP contribution in [0.4, 0.5) is 0 Å². The first kappa shape index (κ1) is 8.42. The lowest BCUT2D eigenvalue weighted by Gasteiger charge is -1.90. The average molecular weight is 150 g/mol. The zero-order chi connectivity index (χ0) is 7.49. The Kier molecular flexibility index (Phi) is 2.64. The predicted molar refractivity (Wildman–Crippen MR) is 36.5 cm³/mol. The van der Waals surface area contributed by atoms with Crippen LogP contribution in [0.2, 0.25) is 0 Å². The first-order valence-electron chi connectivity index (χ1n) is 2.33. The van der Waals surface area contributed by atoms with Crippen molar-refractivity contribution in [3.63, 3.8) is 0 Å². The zero-order valence-electron chi connectivity index (χ0n) is 5.46. The summed E-state index contributed by atoms with van der Waals surface area (Å²) in [6.45, 7) is -0.147. The highest BCUT2D eigenvalue weighted by atomic mass is 32.2. The third-order valence-corrected chi connectivity index (χ3v) is 1.28. The summed E-state index contributed by atoms with van der Waals surface area (Å²) in [7, 11) is -2.15. The number of nitrogens with two attached hydrogens (primary N) is 1. The number of rotatable bonds is 2. The minimum atomic E-state index is -2.15. The highest BCUT2D eigenvalue weighted by Crippen LogP contribution is 1.81. The van der Waals surface area contributed by atoms with Gasteiger partial charge in [-0.25, -0.2) is 4.36 Å². The molecular formula is C4H10N2O2S. The largest absolute Gasteiger partial charge is 0.368 e. The molecule has 0 unspecified atom stereocenters. The Morgan fingerprint density at radius 3 is 2.22 bits per heavy atom. The molecule has 54 valence electrons. The van der Waals surface area contributed by atoms with E-state index in [0.717, 1.165) is 0 Å². The van der Waals surface area contributed by atoms with E-state index in [1.165, 1.54) is 12.5 Å². The Morgan fingerprint density at radius 1 is 1.67 bits per heavy atom. The monoisotopic (exact) mass is 150 g/mol. The molecule has 0 rings (SSSR count). The van der Waals surface area contributed by atoms with Gasteiger partial charge in [0.05, 0.1) is 0 Å². The smallest absolute Gasteiger partial charge is 0.239 e. The van der Waals surface area contributed by atoms with Crippen LogP contribution in [0.25, 0.3) is 0 Å². The van der Waals surface area contributed by atoms with E-state index >= 15 is 0 Å². The maximum atomic E-state index is 10.7. The van der Waals surface area contributed by atoms with Gasteiger partial charge in [-0.1, -0.05) is 0 Å². The van der Waals surface area contributed by atoms with Crippen LogP contribution in [0.1, 0.15) is 0 Å². The third kappa shape index (κ3) is 7.42. The molecule has 0 aromatic carbocycles. The molecule has 0 radical (unpaired) electrons. The van der Waals surface area contributed by atoms with Crippen molar-refractivity contribution in [1.82, 2.24) is 0 Å². The van der Waals surface area contributed by atoms with Gasteiger partial charge in [-0.15, -0.1) is 0 Å². The van der Waals surface area contributed by atoms with Crippen molar-refractivity contribution in [2.45, 2.75) is 0 Å². The van der Waals surface area contributed by atoms with Crippen LogP contribution < -0.4 is 5.73 Å². The van der Waals surface area contributed by atoms with Crippen LogP contribution in [-0.4, -0.2) is 29.2 Å². The fourth-order valence-electron chi connectivity index (χ4n) is 0.219. The number of primary amides is 1. The maximum Gasteiger partial charge on any atom is 0.239 e. The molecule has 1 amide bonds. The minimum absolute atomic E-state index is 0.147. The lowest BCUT2D eigenvalue weighted by atomic mass is 10.7. The summed E-state index contributed by atoms with van der Waals surface area (Å²) in [5.41, 5.74) is 4.74. The SMILES string of the molecule is CS(C)(=O)=NCC(N)=O. The summed E-state index contributed by atoms with van der Waals surface area (Å²) in [5.74, 6) is -0.550. The van der Waals surface area contributed by atoms with Crippen molar-refractivity contribution in [2.75, 3.05) is 19.1 Å². The summed E-state index contributed by atoms with van der Waals surface area (Å²) >= 11 is 0. The van der Waals surface area contributed by atoms with Gasteiger partial charge in [0.2, 0.25) is 5.91 Å². The van der Waals surface area contributed by atoms with Gasteiger partial charge in [-0.2, -0.15) is 0 Å². The standard InChI is InChI=1S/C4H10N2O2S/c1-9(2,8)6-3-4(5)7/h3H2,1-2H3,(H2,5,7). The molecule has 4 nitrogen and oxygen atoms in total. The van der Waals surface area contributed by atoms with E-state index in [2.05, 4.69) is 4.36 Å². The number of carbonyl (C=O) groups is 1. The Morgan fingerprint density at radius 2 is 2.11 bits per heavy atom. The zero-order valence-corrected chi connectivity index (χ0v) is 6.27. The van der Waals surface area contributed by atoms with E-state index < -0.39 is 15.6 Å². The van der Waals surface area contributed by atoms with Crippen molar-refractivity contribution >= 4 is 15.6 Å². The van der Waals surface area contributed by atoms with Gasteiger partial charge in [0, 0.05) is 22.2 Å². The van der Waals surface area contributed by atoms with E-state index in [1.54, 1.807) is 0 Å². The van der Waals surface area contributed by atoms with Gasteiger partial charge in [0.1, 0.15) is 6.54 Å². The first-order chi connectivity index (χ1) is 3.92. The molecule has 5 heteroatoms. The number of nitrogens with zero attached hydrogens (tertiary/aromatic N) is 1. The molecule has 0 aliphatic carbocycles. The lowest BCUT2D eigenvalue weighted by molar-refractivity contribution is -0.116. The second kappa shape index (κ2) is 2.82. The van der Waals surface area contributed by atoms with Gasteiger partial charge in [0.15, 0.2) is 0 Å².